The second-order valence-corrected chi connectivity index (χ2v) is 7.05. The molecule has 1 aromatic carbocycles. The van der Waals surface area contributed by atoms with Crippen LogP contribution in [0.5, 0.6) is 5.75 Å². The molecule has 1 N–H and O–H groups in total. The Hall–Kier alpha value is -2.35. The summed E-state index contributed by atoms with van der Waals surface area (Å²) in [4.78, 5) is 12.3. The highest BCUT2D eigenvalue weighted by atomic mass is 32.2. The van der Waals surface area contributed by atoms with E-state index in [1.54, 1.807) is 33.0 Å². The Bertz CT molecular complexity index is 856. The Labute approximate surface area is 141 Å². The van der Waals surface area contributed by atoms with Crippen LogP contribution in [0.15, 0.2) is 29.2 Å². The normalized spacial score (nSPS) is 11.3. The number of nitrogens with zero attached hydrogens (tertiary/aromatic N) is 2. The number of ether oxygens (including phenoxy) is 1. The summed E-state index contributed by atoms with van der Waals surface area (Å²) in [5.41, 5.74) is 1.02. The number of carbonyl (C=O) groups excluding carboxylic acids is 1. The first-order chi connectivity index (χ1) is 11.3. The highest BCUT2D eigenvalue weighted by Gasteiger charge is 2.26. The standard InChI is InChI=1S/C16H21N3O4S/c1-5-9-23-14-8-6-7-13(10-14)16(20)18-24(21,22)15-11(2)17-19(4)12(15)3/h6-8,10H,5,9H2,1-4H3,(H,18,20). The van der Waals surface area contributed by atoms with Gasteiger partial charge in [0.25, 0.3) is 15.9 Å². The molecule has 2 aromatic rings. The largest absolute Gasteiger partial charge is 0.494 e. The molecule has 0 saturated carbocycles. The van der Waals surface area contributed by atoms with Crippen LogP contribution >= 0.6 is 0 Å². The molecule has 1 aromatic heterocycles. The lowest BCUT2D eigenvalue weighted by Gasteiger charge is -2.09. The van der Waals surface area contributed by atoms with Crippen molar-refractivity contribution in [2.45, 2.75) is 32.1 Å². The Balaban J connectivity index is 2.25. The number of aryl methyl sites for hydroxylation is 2. The molecule has 0 atom stereocenters. The number of sulfonamides is 1. The molecule has 0 saturated heterocycles. The molecule has 2 rings (SSSR count). The molecule has 0 aliphatic heterocycles. The minimum absolute atomic E-state index is 0.0248. The van der Waals surface area contributed by atoms with Crippen molar-refractivity contribution in [3.8, 4) is 5.75 Å². The van der Waals surface area contributed by atoms with Crippen molar-refractivity contribution >= 4 is 15.9 Å². The number of amides is 1. The summed E-state index contributed by atoms with van der Waals surface area (Å²) in [5.74, 6) is -0.185. The lowest BCUT2D eigenvalue weighted by molar-refractivity contribution is 0.0981. The van der Waals surface area contributed by atoms with Crippen LogP contribution in [-0.2, 0) is 17.1 Å². The van der Waals surface area contributed by atoms with Crippen LogP contribution < -0.4 is 9.46 Å². The summed E-state index contributed by atoms with van der Waals surface area (Å²) in [6, 6.07) is 6.42. The van der Waals surface area contributed by atoms with Crippen molar-refractivity contribution in [1.82, 2.24) is 14.5 Å². The summed E-state index contributed by atoms with van der Waals surface area (Å²) < 4.78 is 34.0. The van der Waals surface area contributed by atoms with Crippen molar-refractivity contribution in [1.29, 1.82) is 0 Å². The maximum atomic E-state index is 12.5. The lowest BCUT2D eigenvalue weighted by Crippen LogP contribution is -2.31. The van der Waals surface area contributed by atoms with Gasteiger partial charge in [0.15, 0.2) is 0 Å². The molecule has 1 amide bonds. The van der Waals surface area contributed by atoms with E-state index in [1.807, 2.05) is 6.92 Å². The van der Waals surface area contributed by atoms with Gasteiger partial charge in [0.1, 0.15) is 10.6 Å². The van der Waals surface area contributed by atoms with E-state index in [1.165, 1.54) is 16.8 Å². The van der Waals surface area contributed by atoms with E-state index in [0.29, 0.717) is 23.7 Å². The van der Waals surface area contributed by atoms with Crippen molar-refractivity contribution in [3.63, 3.8) is 0 Å². The van der Waals surface area contributed by atoms with Crippen LogP contribution in [0.3, 0.4) is 0 Å². The molecule has 0 bridgehead atoms. The van der Waals surface area contributed by atoms with Gasteiger partial charge in [-0.1, -0.05) is 13.0 Å². The predicted octanol–water partition coefficient (Wildman–Crippen LogP) is 1.94. The molecule has 0 spiro atoms. The van der Waals surface area contributed by atoms with E-state index in [2.05, 4.69) is 9.82 Å². The Morgan fingerprint density at radius 2 is 2.04 bits per heavy atom. The van der Waals surface area contributed by atoms with Gasteiger partial charge >= 0.3 is 0 Å². The third kappa shape index (κ3) is 3.76. The van der Waals surface area contributed by atoms with Crippen LogP contribution in [0, 0.1) is 13.8 Å². The maximum Gasteiger partial charge on any atom is 0.267 e. The van der Waals surface area contributed by atoms with Crippen LogP contribution in [0.25, 0.3) is 0 Å². The molecule has 130 valence electrons. The first-order valence-electron chi connectivity index (χ1n) is 7.56. The minimum Gasteiger partial charge on any atom is -0.494 e. The highest BCUT2D eigenvalue weighted by molar-refractivity contribution is 7.90. The first kappa shape index (κ1) is 18.0. The van der Waals surface area contributed by atoms with E-state index in [0.717, 1.165) is 6.42 Å². The minimum atomic E-state index is -4.00. The highest BCUT2D eigenvalue weighted by Crippen LogP contribution is 2.19. The molecule has 0 aliphatic rings. The maximum absolute atomic E-state index is 12.5. The number of nitrogens with one attached hydrogen (secondary N) is 1. The van der Waals surface area contributed by atoms with Gasteiger partial charge in [-0.3, -0.25) is 9.48 Å². The predicted molar refractivity (Wildman–Crippen MR) is 89.6 cm³/mol. The zero-order valence-electron chi connectivity index (χ0n) is 14.2. The van der Waals surface area contributed by atoms with Gasteiger partial charge in [-0.05, 0) is 38.5 Å². The SMILES string of the molecule is CCCOc1cccc(C(=O)NS(=O)(=O)c2c(C)nn(C)c2C)c1. The topological polar surface area (TPSA) is 90.3 Å². The Morgan fingerprint density at radius 3 is 2.62 bits per heavy atom. The van der Waals surface area contributed by atoms with Gasteiger partial charge in [-0.2, -0.15) is 5.10 Å². The van der Waals surface area contributed by atoms with Gasteiger partial charge in [-0.15, -0.1) is 0 Å². The molecule has 0 aliphatic carbocycles. The third-order valence-corrected chi connectivity index (χ3v) is 5.09. The summed E-state index contributed by atoms with van der Waals surface area (Å²) in [6.45, 7) is 5.72. The lowest BCUT2D eigenvalue weighted by atomic mass is 10.2. The number of hydrogen-bond donors (Lipinski definition) is 1. The smallest absolute Gasteiger partial charge is 0.267 e. The molecule has 24 heavy (non-hydrogen) atoms. The van der Waals surface area contributed by atoms with E-state index >= 15 is 0 Å². The molecule has 0 unspecified atom stereocenters. The summed E-state index contributed by atoms with van der Waals surface area (Å²) >= 11 is 0. The summed E-state index contributed by atoms with van der Waals surface area (Å²) in [6.07, 6.45) is 0.838. The van der Waals surface area contributed by atoms with Gasteiger partial charge in [0, 0.05) is 12.6 Å². The third-order valence-electron chi connectivity index (χ3n) is 3.51. The van der Waals surface area contributed by atoms with Crippen LogP contribution in [0.1, 0.15) is 35.1 Å². The second-order valence-electron chi connectivity index (χ2n) is 5.43. The summed E-state index contributed by atoms with van der Waals surface area (Å²) in [7, 11) is -2.35. The van der Waals surface area contributed by atoms with E-state index in [9.17, 15) is 13.2 Å². The quantitative estimate of drug-likeness (QED) is 0.859. The molecule has 7 nitrogen and oxygen atoms in total. The Kier molecular flexibility index (Phi) is 5.28. The zero-order chi connectivity index (χ0) is 17.9. The van der Waals surface area contributed by atoms with Crippen molar-refractivity contribution in [2.24, 2.45) is 7.05 Å². The van der Waals surface area contributed by atoms with Crippen molar-refractivity contribution in [2.75, 3.05) is 6.61 Å². The van der Waals surface area contributed by atoms with E-state index in [-0.39, 0.29) is 10.5 Å². The van der Waals surface area contributed by atoms with Crippen LogP contribution in [0.4, 0.5) is 0 Å². The monoisotopic (exact) mass is 351 g/mol. The Morgan fingerprint density at radius 1 is 1.33 bits per heavy atom. The molecule has 0 fully saturated rings. The number of hydrogen-bond acceptors (Lipinski definition) is 5. The average Bonchev–Trinajstić information content (AvgIpc) is 2.78. The van der Waals surface area contributed by atoms with Gasteiger partial charge < -0.3 is 4.74 Å². The fraction of sp³-hybridized carbons (Fsp3) is 0.375. The number of carbonyl (C=O) groups is 1. The van der Waals surface area contributed by atoms with Gasteiger partial charge in [0.2, 0.25) is 0 Å². The second kappa shape index (κ2) is 7.04. The van der Waals surface area contributed by atoms with Gasteiger partial charge in [0.05, 0.1) is 18.0 Å². The zero-order valence-corrected chi connectivity index (χ0v) is 15.0. The molecular formula is C16H21N3O4S. The number of benzene rings is 1. The van der Waals surface area contributed by atoms with Crippen LogP contribution in [-0.4, -0.2) is 30.7 Å². The summed E-state index contributed by atoms with van der Waals surface area (Å²) in [5, 5.41) is 4.07. The number of aromatic nitrogens is 2. The number of rotatable bonds is 6. The average molecular weight is 351 g/mol. The molecule has 8 heteroatoms. The van der Waals surface area contributed by atoms with E-state index < -0.39 is 15.9 Å². The fourth-order valence-corrected chi connectivity index (χ4v) is 3.74. The fourth-order valence-electron chi connectivity index (χ4n) is 2.32. The van der Waals surface area contributed by atoms with Crippen molar-refractivity contribution in [3.05, 3.63) is 41.2 Å². The van der Waals surface area contributed by atoms with Gasteiger partial charge in [-0.25, -0.2) is 13.1 Å². The molecule has 1 heterocycles. The first-order valence-corrected chi connectivity index (χ1v) is 9.04. The van der Waals surface area contributed by atoms with Crippen LogP contribution in [0.2, 0.25) is 0 Å². The molecular weight excluding hydrogens is 330 g/mol. The van der Waals surface area contributed by atoms with E-state index in [4.69, 9.17) is 4.74 Å². The van der Waals surface area contributed by atoms with Crippen molar-refractivity contribution < 1.29 is 17.9 Å². The molecule has 0 radical (unpaired) electrons.